The molecule has 0 saturated carbocycles. The summed E-state index contributed by atoms with van der Waals surface area (Å²) in [5, 5.41) is 5.66. The number of hydrogen-bond acceptors (Lipinski definition) is 3. The zero-order valence-corrected chi connectivity index (χ0v) is 12.8. The molecular formula is C15H20N2O2S. The van der Waals surface area contributed by atoms with E-state index in [4.69, 9.17) is 0 Å². The Hall–Kier alpha value is -1.49. The van der Waals surface area contributed by atoms with E-state index in [1.54, 1.807) is 0 Å². The molecule has 0 aromatic heterocycles. The van der Waals surface area contributed by atoms with Crippen LogP contribution in [0.25, 0.3) is 0 Å². The van der Waals surface area contributed by atoms with E-state index in [0.717, 1.165) is 11.3 Å². The van der Waals surface area contributed by atoms with E-state index in [1.807, 2.05) is 24.3 Å². The van der Waals surface area contributed by atoms with Gasteiger partial charge in [0.05, 0.1) is 5.75 Å². The summed E-state index contributed by atoms with van der Waals surface area (Å²) in [6, 6.07) is 7.34. The van der Waals surface area contributed by atoms with E-state index in [-0.39, 0.29) is 17.2 Å². The second kappa shape index (κ2) is 5.87. The summed E-state index contributed by atoms with van der Waals surface area (Å²) in [5.41, 5.74) is 1.85. The zero-order valence-electron chi connectivity index (χ0n) is 12.0. The number of hydrogen-bond donors (Lipinski definition) is 2. The van der Waals surface area contributed by atoms with Crippen molar-refractivity contribution >= 4 is 29.3 Å². The number of nitrogens with one attached hydrogen (secondary N) is 2. The van der Waals surface area contributed by atoms with Crippen LogP contribution < -0.4 is 10.6 Å². The summed E-state index contributed by atoms with van der Waals surface area (Å²) in [6.45, 7) is 6.32. The third-order valence-corrected chi connectivity index (χ3v) is 4.20. The van der Waals surface area contributed by atoms with Crippen LogP contribution in [-0.4, -0.2) is 29.4 Å². The van der Waals surface area contributed by atoms with Gasteiger partial charge in [0, 0.05) is 11.4 Å². The van der Waals surface area contributed by atoms with E-state index in [2.05, 4.69) is 31.4 Å². The Bertz CT molecular complexity index is 523. The van der Waals surface area contributed by atoms with E-state index < -0.39 is 6.04 Å². The van der Waals surface area contributed by atoms with Gasteiger partial charge in [0.2, 0.25) is 11.8 Å². The summed E-state index contributed by atoms with van der Waals surface area (Å²) >= 11 is 1.49. The van der Waals surface area contributed by atoms with Crippen LogP contribution >= 0.6 is 11.8 Å². The number of carbonyl (C=O) groups is 2. The number of anilines is 1. The standard InChI is InChI=1S/C15H20N2O2S/c1-15(2,3)10-6-4-5-7-11(10)17-14(19)12-8-20-9-13(18)16-12/h4-7,12H,8-9H2,1-3H3,(H,16,18)(H,17,19). The molecule has 2 rings (SSSR count). The Labute approximate surface area is 123 Å². The Morgan fingerprint density at radius 3 is 2.70 bits per heavy atom. The van der Waals surface area contributed by atoms with Gasteiger partial charge in [-0.3, -0.25) is 9.59 Å². The predicted molar refractivity (Wildman–Crippen MR) is 83.0 cm³/mol. The van der Waals surface area contributed by atoms with Gasteiger partial charge < -0.3 is 10.6 Å². The quantitative estimate of drug-likeness (QED) is 0.878. The largest absolute Gasteiger partial charge is 0.343 e. The number of para-hydroxylation sites is 1. The lowest BCUT2D eigenvalue weighted by molar-refractivity contribution is -0.124. The minimum atomic E-state index is -0.450. The lowest BCUT2D eigenvalue weighted by atomic mass is 9.86. The van der Waals surface area contributed by atoms with Gasteiger partial charge in [-0.2, -0.15) is 0 Å². The van der Waals surface area contributed by atoms with Gasteiger partial charge in [0.1, 0.15) is 6.04 Å². The maximum atomic E-state index is 12.3. The van der Waals surface area contributed by atoms with E-state index in [9.17, 15) is 9.59 Å². The summed E-state index contributed by atoms with van der Waals surface area (Å²) in [5.74, 6) is 0.824. The molecule has 0 aliphatic carbocycles. The monoisotopic (exact) mass is 292 g/mol. The first-order valence-corrected chi connectivity index (χ1v) is 7.81. The summed E-state index contributed by atoms with van der Waals surface area (Å²) in [7, 11) is 0. The molecule has 1 aliphatic heterocycles. The molecule has 2 N–H and O–H groups in total. The summed E-state index contributed by atoms with van der Waals surface area (Å²) in [6.07, 6.45) is 0. The van der Waals surface area contributed by atoms with Gasteiger partial charge >= 0.3 is 0 Å². The minimum Gasteiger partial charge on any atom is -0.343 e. The van der Waals surface area contributed by atoms with Gasteiger partial charge in [0.25, 0.3) is 0 Å². The van der Waals surface area contributed by atoms with Gasteiger partial charge in [-0.1, -0.05) is 39.0 Å². The van der Waals surface area contributed by atoms with Gasteiger partial charge in [0.15, 0.2) is 0 Å². The van der Waals surface area contributed by atoms with Crippen molar-refractivity contribution in [1.29, 1.82) is 0 Å². The fraction of sp³-hybridized carbons (Fsp3) is 0.467. The number of rotatable bonds is 2. The molecule has 1 fully saturated rings. The van der Waals surface area contributed by atoms with E-state index in [1.165, 1.54) is 11.8 Å². The number of benzene rings is 1. The maximum absolute atomic E-state index is 12.3. The average Bonchev–Trinajstić information content (AvgIpc) is 2.38. The number of thioether (sulfide) groups is 1. The topological polar surface area (TPSA) is 58.2 Å². The summed E-state index contributed by atoms with van der Waals surface area (Å²) < 4.78 is 0. The maximum Gasteiger partial charge on any atom is 0.247 e. The summed E-state index contributed by atoms with van der Waals surface area (Å²) in [4.78, 5) is 23.6. The molecule has 1 atom stereocenters. The first-order chi connectivity index (χ1) is 9.38. The van der Waals surface area contributed by atoms with Crippen molar-refractivity contribution in [3.05, 3.63) is 29.8 Å². The number of carbonyl (C=O) groups excluding carboxylic acids is 2. The molecule has 1 unspecified atom stereocenters. The molecule has 20 heavy (non-hydrogen) atoms. The smallest absolute Gasteiger partial charge is 0.247 e. The van der Waals surface area contributed by atoms with Crippen molar-refractivity contribution in [1.82, 2.24) is 5.32 Å². The first-order valence-electron chi connectivity index (χ1n) is 6.65. The average molecular weight is 292 g/mol. The first kappa shape index (κ1) is 14.9. The zero-order chi connectivity index (χ0) is 14.8. The molecule has 4 nitrogen and oxygen atoms in total. The third kappa shape index (κ3) is 3.54. The molecule has 108 valence electrons. The van der Waals surface area contributed by atoms with Crippen LogP contribution in [0.1, 0.15) is 26.3 Å². The van der Waals surface area contributed by atoms with Gasteiger partial charge in [-0.15, -0.1) is 11.8 Å². The normalized spacial score (nSPS) is 19.4. The van der Waals surface area contributed by atoms with Crippen molar-refractivity contribution in [2.75, 3.05) is 16.8 Å². The Kier molecular flexibility index (Phi) is 4.38. The predicted octanol–water partition coefficient (Wildman–Crippen LogP) is 2.15. The highest BCUT2D eigenvalue weighted by Gasteiger charge is 2.26. The molecule has 1 aliphatic rings. The molecule has 1 aromatic rings. The second-order valence-electron chi connectivity index (χ2n) is 5.92. The van der Waals surface area contributed by atoms with Crippen LogP contribution in [0.3, 0.4) is 0 Å². The van der Waals surface area contributed by atoms with Crippen LogP contribution in [-0.2, 0) is 15.0 Å². The highest BCUT2D eigenvalue weighted by atomic mass is 32.2. The lowest BCUT2D eigenvalue weighted by Crippen LogP contribution is -2.49. The fourth-order valence-electron chi connectivity index (χ4n) is 2.15. The van der Waals surface area contributed by atoms with Crippen molar-refractivity contribution in [2.45, 2.75) is 32.2 Å². The van der Waals surface area contributed by atoms with Gasteiger partial charge in [-0.05, 0) is 17.0 Å². The SMILES string of the molecule is CC(C)(C)c1ccccc1NC(=O)C1CSCC(=O)N1. The molecule has 5 heteroatoms. The van der Waals surface area contributed by atoms with Crippen LogP contribution in [0, 0.1) is 0 Å². The highest BCUT2D eigenvalue weighted by Crippen LogP contribution is 2.29. The second-order valence-corrected chi connectivity index (χ2v) is 6.95. The van der Waals surface area contributed by atoms with Gasteiger partial charge in [-0.25, -0.2) is 0 Å². The van der Waals surface area contributed by atoms with Crippen molar-refractivity contribution in [3.63, 3.8) is 0 Å². The molecular weight excluding hydrogens is 272 g/mol. The van der Waals surface area contributed by atoms with Crippen LogP contribution in [0.2, 0.25) is 0 Å². The Balaban J connectivity index is 2.14. The van der Waals surface area contributed by atoms with E-state index >= 15 is 0 Å². The van der Waals surface area contributed by atoms with Crippen molar-refractivity contribution in [2.24, 2.45) is 0 Å². The lowest BCUT2D eigenvalue weighted by Gasteiger charge is -2.26. The molecule has 1 heterocycles. The minimum absolute atomic E-state index is 0.0472. The third-order valence-electron chi connectivity index (χ3n) is 3.16. The molecule has 0 radical (unpaired) electrons. The van der Waals surface area contributed by atoms with Crippen LogP contribution in [0.5, 0.6) is 0 Å². The molecule has 0 spiro atoms. The van der Waals surface area contributed by atoms with Crippen molar-refractivity contribution in [3.8, 4) is 0 Å². The van der Waals surface area contributed by atoms with Crippen LogP contribution in [0.15, 0.2) is 24.3 Å². The molecule has 2 amide bonds. The molecule has 1 saturated heterocycles. The molecule has 1 aromatic carbocycles. The highest BCUT2D eigenvalue weighted by molar-refractivity contribution is 8.00. The number of amides is 2. The Morgan fingerprint density at radius 1 is 1.35 bits per heavy atom. The molecule has 0 bridgehead atoms. The fourth-order valence-corrected chi connectivity index (χ4v) is 3.01. The van der Waals surface area contributed by atoms with E-state index in [0.29, 0.717) is 11.5 Å². The van der Waals surface area contributed by atoms with Crippen LogP contribution in [0.4, 0.5) is 5.69 Å². The van der Waals surface area contributed by atoms with Crippen molar-refractivity contribution < 1.29 is 9.59 Å². The Morgan fingerprint density at radius 2 is 2.05 bits per heavy atom.